The van der Waals surface area contributed by atoms with E-state index in [1.165, 1.54) is 0 Å². The molecule has 0 spiro atoms. The van der Waals surface area contributed by atoms with Crippen molar-refractivity contribution in [3.05, 3.63) is 29.0 Å². The van der Waals surface area contributed by atoms with E-state index in [0.29, 0.717) is 24.4 Å². The highest BCUT2D eigenvalue weighted by atomic mass is 16.5. The van der Waals surface area contributed by atoms with Gasteiger partial charge in [-0.1, -0.05) is 5.16 Å². The average molecular weight is 292 g/mol. The molecule has 0 saturated carbocycles. The minimum absolute atomic E-state index is 0.0162. The van der Waals surface area contributed by atoms with Crippen molar-refractivity contribution in [1.29, 1.82) is 0 Å². The third-order valence-electron chi connectivity index (χ3n) is 3.29. The molecule has 1 aromatic heterocycles. The normalized spacial score (nSPS) is 11.0. The first-order chi connectivity index (χ1) is 10.1. The first-order valence-electron chi connectivity index (χ1n) is 6.92. The molecule has 2 aromatic rings. The van der Waals surface area contributed by atoms with Gasteiger partial charge >= 0.3 is 0 Å². The van der Waals surface area contributed by atoms with Gasteiger partial charge in [0, 0.05) is 11.9 Å². The second-order valence-electron chi connectivity index (χ2n) is 4.92. The largest absolute Gasteiger partial charge is 0.394 e. The lowest BCUT2D eigenvalue weighted by atomic mass is 10.1. The van der Waals surface area contributed by atoms with Crippen LogP contribution in [0.25, 0.3) is 11.0 Å². The van der Waals surface area contributed by atoms with Crippen LogP contribution in [0.2, 0.25) is 0 Å². The molecule has 1 heterocycles. The zero-order valence-electron chi connectivity index (χ0n) is 12.3. The summed E-state index contributed by atoms with van der Waals surface area (Å²) in [5, 5.41) is 16.2. The lowest BCUT2D eigenvalue weighted by Crippen LogP contribution is -2.29. The van der Waals surface area contributed by atoms with Gasteiger partial charge in [-0.15, -0.1) is 0 Å². The fourth-order valence-corrected chi connectivity index (χ4v) is 2.02. The Morgan fingerprint density at radius 1 is 1.33 bits per heavy atom. The van der Waals surface area contributed by atoms with Crippen LogP contribution in [0, 0.1) is 13.8 Å². The Kier molecular flexibility index (Phi) is 5.30. The monoisotopic (exact) mass is 292 g/mol. The van der Waals surface area contributed by atoms with Gasteiger partial charge in [-0.25, -0.2) is 0 Å². The van der Waals surface area contributed by atoms with Crippen LogP contribution >= 0.6 is 0 Å². The lowest BCUT2D eigenvalue weighted by molar-refractivity contribution is -0.120. The standard InChI is InChI=1S/C15H20N2O4/c1-10-7-12-13(17-21-14(12)8-11(10)2)9-15(19)16-3-5-20-6-4-18/h7-8,18H,3-6,9H2,1-2H3,(H,16,19). The van der Waals surface area contributed by atoms with Crippen LogP contribution in [0.4, 0.5) is 0 Å². The maximum Gasteiger partial charge on any atom is 0.226 e. The lowest BCUT2D eigenvalue weighted by Gasteiger charge is -2.04. The second kappa shape index (κ2) is 7.19. The fourth-order valence-electron chi connectivity index (χ4n) is 2.02. The number of amides is 1. The number of hydrogen-bond acceptors (Lipinski definition) is 5. The zero-order valence-corrected chi connectivity index (χ0v) is 12.3. The minimum atomic E-state index is -0.129. The Hall–Kier alpha value is -1.92. The maximum absolute atomic E-state index is 11.8. The van der Waals surface area contributed by atoms with Crippen molar-refractivity contribution in [2.45, 2.75) is 20.3 Å². The van der Waals surface area contributed by atoms with E-state index in [-0.39, 0.29) is 25.5 Å². The molecule has 0 atom stereocenters. The molecule has 1 amide bonds. The van der Waals surface area contributed by atoms with Crippen molar-refractivity contribution in [3.63, 3.8) is 0 Å². The van der Waals surface area contributed by atoms with Crippen LogP contribution in [-0.2, 0) is 16.0 Å². The van der Waals surface area contributed by atoms with E-state index in [1.54, 1.807) is 0 Å². The number of carbonyl (C=O) groups excluding carboxylic acids is 1. The van der Waals surface area contributed by atoms with Crippen LogP contribution in [0.3, 0.4) is 0 Å². The third kappa shape index (κ3) is 4.03. The Balaban J connectivity index is 1.93. The van der Waals surface area contributed by atoms with Gasteiger partial charge in [0.1, 0.15) is 5.69 Å². The minimum Gasteiger partial charge on any atom is -0.394 e. The summed E-state index contributed by atoms with van der Waals surface area (Å²) in [4.78, 5) is 11.8. The summed E-state index contributed by atoms with van der Waals surface area (Å²) in [5.41, 5.74) is 3.62. The maximum atomic E-state index is 11.8. The number of aliphatic hydroxyl groups is 1. The number of hydrogen-bond donors (Lipinski definition) is 2. The first-order valence-corrected chi connectivity index (χ1v) is 6.92. The van der Waals surface area contributed by atoms with E-state index in [4.69, 9.17) is 14.4 Å². The van der Waals surface area contributed by atoms with Gasteiger partial charge in [0.05, 0.1) is 26.2 Å². The predicted molar refractivity (Wildman–Crippen MR) is 78.1 cm³/mol. The molecule has 6 nitrogen and oxygen atoms in total. The molecule has 2 rings (SSSR count). The summed E-state index contributed by atoms with van der Waals surface area (Å²) in [6, 6.07) is 3.93. The summed E-state index contributed by atoms with van der Waals surface area (Å²) in [6.07, 6.45) is 0.176. The van der Waals surface area contributed by atoms with E-state index in [2.05, 4.69) is 10.5 Å². The van der Waals surface area contributed by atoms with Crippen molar-refractivity contribution in [2.24, 2.45) is 0 Å². The Morgan fingerprint density at radius 2 is 2.10 bits per heavy atom. The number of fused-ring (bicyclic) bond motifs is 1. The summed E-state index contributed by atoms with van der Waals surface area (Å²) < 4.78 is 10.3. The Bertz CT molecular complexity index is 621. The van der Waals surface area contributed by atoms with E-state index in [9.17, 15) is 4.79 Å². The average Bonchev–Trinajstić information content (AvgIpc) is 2.81. The van der Waals surface area contributed by atoms with Crippen molar-refractivity contribution in [1.82, 2.24) is 10.5 Å². The second-order valence-corrected chi connectivity index (χ2v) is 4.92. The Labute approximate surface area is 123 Å². The SMILES string of the molecule is Cc1cc2onc(CC(=O)NCCOCCO)c2cc1C. The highest BCUT2D eigenvalue weighted by Gasteiger charge is 2.13. The van der Waals surface area contributed by atoms with Crippen molar-refractivity contribution in [2.75, 3.05) is 26.4 Å². The zero-order chi connectivity index (χ0) is 15.2. The van der Waals surface area contributed by atoms with Gasteiger partial charge in [-0.3, -0.25) is 4.79 Å². The van der Waals surface area contributed by atoms with E-state index in [1.807, 2.05) is 26.0 Å². The molecule has 1 aromatic carbocycles. The van der Waals surface area contributed by atoms with Crippen LogP contribution in [-0.4, -0.2) is 42.5 Å². The van der Waals surface area contributed by atoms with Gasteiger partial charge in [-0.05, 0) is 37.1 Å². The molecule has 0 saturated heterocycles. The first kappa shape index (κ1) is 15.5. The van der Waals surface area contributed by atoms with Gasteiger partial charge in [-0.2, -0.15) is 0 Å². The van der Waals surface area contributed by atoms with E-state index in [0.717, 1.165) is 16.5 Å². The molecular weight excluding hydrogens is 272 g/mol. The van der Waals surface area contributed by atoms with Gasteiger partial charge in [0.2, 0.25) is 5.91 Å². The van der Waals surface area contributed by atoms with Crippen molar-refractivity contribution in [3.8, 4) is 0 Å². The highest BCUT2D eigenvalue weighted by Crippen LogP contribution is 2.22. The molecule has 2 N–H and O–H groups in total. The van der Waals surface area contributed by atoms with E-state index < -0.39 is 0 Å². The molecule has 0 bridgehead atoms. The molecule has 0 radical (unpaired) electrons. The Morgan fingerprint density at radius 3 is 2.86 bits per heavy atom. The summed E-state index contributed by atoms with van der Waals surface area (Å²) in [6.45, 7) is 5.08. The quantitative estimate of drug-likeness (QED) is 0.747. The summed E-state index contributed by atoms with van der Waals surface area (Å²) in [5.74, 6) is -0.129. The smallest absolute Gasteiger partial charge is 0.226 e. The van der Waals surface area contributed by atoms with Crippen LogP contribution in [0.5, 0.6) is 0 Å². The molecule has 0 aliphatic heterocycles. The molecule has 0 fully saturated rings. The van der Waals surface area contributed by atoms with Gasteiger partial charge in [0.25, 0.3) is 0 Å². The third-order valence-corrected chi connectivity index (χ3v) is 3.29. The number of carbonyl (C=O) groups is 1. The number of rotatable bonds is 7. The molecule has 6 heteroatoms. The van der Waals surface area contributed by atoms with Crippen molar-refractivity contribution >= 4 is 16.9 Å². The summed E-state index contributed by atoms with van der Waals surface area (Å²) >= 11 is 0. The number of aliphatic hydroxyl groups excluding tert-OH is 1. The molecule has 0 aliphatic carbocycles. The van der Waals surface area contributed by atoms with Gasteiger partial charge in [0.15, 0.2) is 5.58 Å². The number of nitrogens with one attached hydrogen (secondary N) is 1. The topological polar surface area (TPSA) is 84.6 Å². The number of benzene rings is 1. The summed E-state index contributed by atoms with van der Waals surface area (Å²) in [7, 11) is 0. The van der Waals surface area contributed by atoms with E-state index >= 15 is 0 Å². The molecular formula is C15H20N2O4. The predicted octanol–water partition coefficient (Wildman–Crippen LogP) is 1.11. The molecule has 0 unspecified atom stereocenters. The van der Waals surface area contributed by atoms with Crippen LogP contribution < -0.4 is 5.32 Å². The number of nitrogens with zero attached hydrogens (tertiary/aromatic N) is 1. The molecule has 114 valence electrons. The van der Waals surface area contributed by atoms with Gasteiger partial charge < -0.3 is 19.7 Å². The number of ether oxygens (including phenoxy) is 1. The van der Waals surface area contributed by atoms with Crippen LogP contribution in [0.15, 0.2) is 16.7 Å². The highest BCUT2D eigenvalue weighted by molar-refractivity contribution is 5.87. The van der Waals surface area contributed by atoms with Crippen LogP contribution in [0.1, 0.15) is 16.8 Å². The van der Waals surface area contributed by atoms with Crippen molar-refractivity contribution < 1.29 is 19.2 Å². The fraction of sp³-hybridized carbons (Fsp3) is 0.467. The molecule has 0 aliphatic rings. The number of aromatic nitrogens is 1. The molecule has 21 heavy (non-hydrogen) atoms. The number of aryl methyl sites for hydroxylation is 2.